The third-order valence-corrected chi connectivity index (χ3v) is 3.63. The molecule has 6 nitrogen and oxygen atoms in total. The predicted octanol–water partition coefficient (Wildman–Crippen LogP) is 2.55. The third-order valence-electron chi connectivity index (χ3n) is 3.63. The zero-order chi connectivity index (χ0) is 17.6. The maximum Gasteiger partial charge on any atom is 0.276 e. The number of anilines is 1. The van der Waals surface area contributed by atoms with Crippen molar-refractivity contribution >= 4 is 11.6 Å². The minimum atomic E-state index is -0.411. The highest BCUT2D eigenvalue weighted by Crippen LogP contribution is 2.23. The van der Waals surface area contributed by atoms with Gasteiger partial charge in [0.15, 0.2) is 0 Å². The van der Waals surface area contributed by atoms with E-state index < -0.39 is 5.91 Å². The summed E-state index contributed by atoms with van der Waals surface area (Å²) in [6, 6.07) is 19.3. The Labute approximate surface area is 144 Å². The number of para-hydroxylation sites is 2. The van der Waals surface area contributed by atoms with E-state index in [1.165, 1.54) is 23.9 Å². The molecule has 25 heavy (non-hydrogen) atoms. The van der Waals surface area contributed by atoms with Crippen LogP contribution >= 0.6 is 0 Å². The van der Waals surface area contributed by atoms with Gasteiger partial charge >= 0.3 is 0 Å². The molecule has 2 aromatic carbocycles. The standard InChI is InChI=1S/C19H17N3O3/c1-25-17-10-6-5-9-15(17)20-19(24)16-11-12-18(23)22(21-16)13-14-7-3-2-4-8-14/h2-12H,13H2,1H3,(H,20,24). The topological polar surface area (TPSA) is 73.2 Å². The molecule has 0 aliphatic carbocycles. The zero-order valence-corrected chi connectivity index (χ0v) is 13.7. The quantitative estimate of drug-likeness (QED) is 0.778. The molecule has 0 unspecified atom stereocenters. The van der Waals surface area contributed by atoms with Crippen LogP contribution in [-0.2, 0) is 6.54 Å². The van der Waals surface area contributed by atoms with Crippen LogP contribution in [0.1, 0.15) is 16.1 Å². The molecule has 0 saturated carbocycles. The van der Waals surface area contributed by atoms with E-state index in [1.807, 2.05) is 36.4 Å². The average molecular weight is 335 g/mol. The molecule has 1 aromatic heterocycles. The largest absolute Gasteiger partial charge is 0.495 e. The van der Waals surface area contributed by atoms with Crippen molar-refractivity contribution in [2.45, 2.75) is 6.54 Å². The Balaban J connectivity index is 1.84. The first-order valence-electron chi connectivity index (χ1n) is 7.74. The lowest BCUT2D eigenvalue weighted by atomic mass is 10.2. The number of methoxy groups -OCH3 is 1. The van der Waals surface area contributed by atoms with E-state index in [9.17, 15) is 9.59 Å². The number of nitrogens with one attached hydrogen (secondary N) is 1. The summed E-state index contributed by atoms with van der Waals surface area (Å²) in [6.45, 7) is 0.301. The molecular weight excluding hydrogens is 318 g/mol. The number of carbonyl (C=O) groups is 1. The molecule has 0 aliphatic rings. The number of benzene rings is 2. The number of amides is 1. The van der Waals surface area contributed by atoms with Crippen LogP contribution in [0.2, 0.25) is 0 Å². The Hall–Kier alpha value is -3.41. The molecule has 0 atom stereocenters. The van der Waals surface area contributed by atoms with Crippen molar-refractivity contribution in [2.24, 2.45) is 0 Å². The summed E-state index contributed by atoms with van der Waals surface area (Å²) in [5, 5.41) is 6.92. The van der Waals surface area contributed by atoms with Gasteiger partial charge in [0, 0.05) is 6.07 Å². The fourth-order valence-corrected chi connectivity index (χ4v) is 2.37. The van der Waals surface area contributed by atoms with E-state index in [-0.39, 0.29) is 11.3 Å². The van der Waals surface area contributed by atoms with Crippen molar-refractivity contribution in [2.75, 3.05) is 12.4 Å². The molecule has 0 aliphatic heterocycles. The molecular formula is C19H17N3O3. The Morgan fingerprint density at radius 1 is 1.04 bits per heavy atom. The van der Waals surface area contributed by atoms with Gasteiger partial charge in [0.25, 0.3) is 11.5 Å². The van der Waals surface area contributed by atoms with Gasteiger partial charge in [-0.15, -0.1) is 0 Å². The number of carbonyl (C=O) groups excluding carboxylic acids is 1. The highest BCUT2D eigenvalue weighted by Gasteiger charge is 2.12. The lowest BCUT2D eigenvalue weighted by Crippen LogP contribution is -2.26. The van der Waals surface area contributed by atoms with Crippen molar-refractivity contribution in [3.8, 4) is 5.75 Å². The van der Waals surface area contributed by atoms with Gasteiger partial charge in [-0.05, 0) is 23.8 Å². The van der Waals surface area contributed by atoms with Gasteiger partial charge in [-0.3, -0.25) is 9.59 Å². The van der Waals surface area contributed by atoms with E-state index in [0.29, 0.717) is 18.0 Å². The zero-order valence-electron chi connectivity index (χ0n) is 13.7. The first-order chi connectivity index (χ1) is 12.2. The third kappa shape index (κ3) is 3.92. The normalized spacial score (nSPS) is 10.3. The van der Waals surface area contributed by atoms with Gasteiger partial charge in [-0.2, -0.15) is 5.10 Å². The second-order valence-electron chi connectivity index (χ2n) is 5.35. The second kappa shape index (κ2) is 7.44. The maximum absolute atomic E-state index is 12.5. The average Bonchev–Trinajstić information content (AvgIpc) is 2.65. The number of ether oxygens (including phenoxy) is 1. The number of hydrogen-bond acceptors (Lipinski definition) is 4. The Morgan fingerprint density at radius 3 is 2.52 bits per heavy atom. The molecule has 1 N–H and O–H groups in total. The minimum Gasteiger partial charge on any atom is -0.495 e. The molecule has 0 bridgehead atoms. The van der Waals surface area contributed by atoms with Gasteiger partial charge in [0.05, 0.1) is 19.3 Å². The Kier molecular flexibility index (Phi) is 4.89. The summed E-state index contributed by atoms with van der Waals surface area (Å²) in [5.41, 5.74) is 1.36. The van der Waals surface area contributed by atoms with Gasteiger partial charge in [0.2, 0.25) is 0 Å². The molecule has 1 heterocycles. The lowest BCUT2D eigenvalue weighted by molar-refractivity contribution is 0.101. The van der Waals surface area contributed by atoms with Crippen molar-refractivity contribution in [1.29, 1.82) is 0 Å². The number of hydrogen-bond donors (Lipinski definition) is 1. The van der Waals surface area contributed by atoms with E-state index in [1.54, 1.807) is 18.2 Å². The molecule has 0 spiro atoms. The maximum atomic E-state index is 12.5. The van der Waals surface area contributed by atoms with Crippen LogP contribution < -0.4 is 15.6 Å². The minimum absolute atomic E-state index is 0.154. The lowest BCUT2D eigenvalue weighted by Gasteiger charge is -2.10. The van der Waals surface area contributed by atoms with Gasteiger partial charge in [0.1, 0.15) is 11.4 Å². The first-order valence-corrected chi connectivity index (χ1v) is 7.74. The monoisotopic (exact) mass is 335 g/mol. The van der Waals surface area contributed by atoms with Crippen molar-refractivity contribution in [3.05, 3.63) is 88.3 Å². The van der Waals surface area contributed by atoms with Crippen LogP contribution in [0, 0.1) is 0 Å². The molecule has 1 amide bonds. The van der Waals surface area contributed by atoms with E-state index in [4.69, 9.17) is 4.74 Å². The number of rotatable bonds is 5. The van der Waals surface area contributed by atoms with Crippen LogP contribution in [0.4, 0.5) is 5.69 Å². The molecule has 0 fully saturated rings. The fourth-order valence-electron chi connectivity index (χ4n) is 2.37. The van der Waals surface area contributed by atoms with Crippen LogP contribution in [-0.4, -0.2) is 22.8 Å². The SMILES string of the molecule is COc1ccccc1NC(=O)c1ccc(=O)n(Cc2ccccc2)n1. The second-order valence-corrected chi connectivity index (χ2v) is 5.35. The summed E-state index contributed by atoms with van der Waals surface area (Å²) >= 11 is 0. The summed E-state index contributed by atoms with van der Waals surface area (Å²) in [4.78, 5) is 24.5. The highest BCUT2D eigenvalue weighted by molar-refractivity contribution is 6.03. The van der Waals surface area contributed by atoms with Crippen molar-refractivity contribution in [3.63, 3.8) is 0 Å². The predicted molar refractivity (Wildman–Crippen MR) is 95.0 cm³/mol. The first kappa shape index (κ1) is 16.4. The van der Waals surface area contributed by atoms with Crippen LogP contribution in [0.5, 0.6) is 5.75 Å². The van der Waals surface area contributed by atoms with Gasteiger partial charge in [-0.25, -0.2) is 4.68 Å². The number of aromatic nitrogens is 2. The highest BCUT2D eigenvalue weighted by atomic mass is 16.5. The van der Waals surface area contributed by atoms with Crippen LogP contribution in [0.15, 0.2) is 71.5 Å². The van der Waals surface area contributed by atoms with E-state index >= 15 is 0 Å². The molecule has 0 saturated heterocycles. The fraction of sp³-hybridized carbons (Fsp3) is 0.105. The molecule has 3 rings (SSSR count). The summed E-state index contributed by atoms with van der Waals surface area (Å²) in [5.74, 6) is 0.139. The summed E-state index contributed by atoms with van der Waals surface area (Å²) < 4.78 is 6.48. The molecule has 3 aromatic rings. The number of nitrogens with zero attached hydrogens (tertiary/aromatic N) is 2. The van der Waals surface area contributed by atoms with Crippen molar-refractivity contribution < 1.29 is 9.53 Å². The molecule has 6 heteroatoms. The van der Waals surface area contributed by atoms with Crippen LogP contribution in [0.25, 0.3) is 0 Å². The summed E-state index contributed by atoms with van der Waals surface area (Å²) in [6.07, 6.45) is 0. The van der Waals surface area contributed by atoms with Gasteiger partial charge in [-0.1, -0.05) is 42.5 Å². The van der Waals surface area contributed by atoms with E-state index in [0.717, 1.165) is 5.56 Å². The Morgan fingerprint density at radius 2 is 1.76 bits per heavy atom. The van der Waals surface area contributed by atoms with Crippen LogP contribution in [0.3, 0.4) is 0 Å². The summed E-state index contributed by atoms with van der Waals surface area (Å²) in [7, 11) is 1.53. The smallest absolute Gasteiger partial charge is 0.276 e. The van der Waals surface area contributed by atoms with Crippen molar-refractivity contribution in [1.82, 2.24) is 9.78 Å². The Bertz CT molecular complexity index is 936. The van der Waals surface area contributed by atoms with E-state index in [2.05, 4.69) is 10.4 Å². The molecule has 0 radical (unpaired) electrons. The van der Waals surface area contributed by atoms with Gasteiger partial charge < -0.3 is 10.1 Å². The molecule has 126 valence electrons.